The third kappa shape index (κ3) is 3.57. The lowest BCUT2D eigenvalue weighted by Gasteiger charge is -2.12. The van der Waals surface area contributed by atoms with Gasteiger partial charge in [-0.05, 0) is 6.42 Å². The standard InChI is InChI=1S/C7H12ClNO3/c1-3-5(6(10)4-8)9-7(11)12-2/h5H,3-4H2,1-2H3,(H,9,11). The average molecular weight is 194 g/mol. The molecule has 12 heavy (non-hydrogen) atoms. The molecule has 0 saturated carbocycles. The SMILES string of the molecule is CCC(NC(=O)OC)C(=O)CCl. The highest BCUT2D eigenvalue weighted by molar-refractivity contribution is 6.28. The fourth-order valence-corrected chi connectivity index (χ4v) is 0.891. The van der Waals surface area contributed by atoms with E-state index >= 15 is 0 Å². The number of methoxy groups -OCH3 is 1. The number of rotatable bonds is 4. The summed E-state index contributed by atoms with van der Waals surface area (Å²) in [6.07, 6.45) is -0.0963. The highest BCUT2D eigenvalue weighted by Gasteiger charge is 2.17. The van der Waals surface area contributed by atoms with Crippen molar-refractivity contribution in [2.45, 2.75) is 19.4 Å². The Morgan fingerprint density at radius 1 is 1.58 bits per heavy atom. The number of Topliss-reactive ketones (excluding diaryl/α,β-unsaturated/α-hetero) is 1. The van der Waals surface area contributed by atoms with E-state index in [0.29, 0.717) is 6.42 Å². The van der Waals surface area contributed by atoms with Crippen LogP contribution in [-0.2, 0) is 9.53 Å². The first-order chi connectivity index (χ1) is 5.65. The first-order valence-corrected chi connectivity index (χ1v) is 4.12. The van der Waals surface area contributed by atoms with Gasteiger partial charge in [-0.25, -0.2) is 4.79 Å². The Morgan fingerprint density at radius 2 is 2.17 bits per heavy atom. The fraction of sp³-hybridized carbons (Fsp3) is 0.714. The van der Waals surface area contributed by atoms with Gasteiger partial charge in [-0.3, -0.25) is 4.79 Å². The summed E-state index contributed by atoms with van der Waals surface area (Å²) in [6.45, 7) is 1.78. The second kappa shape index (κ2) is 5.83. The molecule has 0 bridgehead atoms. The Morgan fingerprint density at radius 3 is 2.50 bits per heavy atom. The first-order valence-electron chi connectivity index (χ1n) is 3.58. The van der Waals surface area contributed by atoms with E-state index in [0.717, 1.165) is 0 Å². The van der Waals surface area contributed by atoms with E-state index in [-0.39, 0.29) is 11.7 Å². The van der Waals surface area contributed by atoms with Crippen LogP contribution in [0.1, 0.15) is 13.3 Å². The summed E-state index contributed by atoms with van der Waals surface area (Å²) in [5.74, 6) is -0.299. The van der Waals surface area contributed by atoms with Crippen molar-refractivity contribution in [2.24, 2.45) is 0 Å². The largest absolute Gasteiger partial charge is 0.453 e. The van der Waals surface area contributed by atoms with Crippen molar-refractivity contribution in [3.63, 3.8) is 0 Å². The molecule has 0 aromatic heterocycles. The Bertz CT molecular complexity index is 172. The van der Waals surface area contributed by atoms with E-state index in [9.17, 15) is 9.59 Å². The lowest BCUT2D eigenvalue weighted by Crippen LogP contribution is -2.40. The lowest BCUT2D eigenvalue weighted by atomic mass is 10.1. The zero-order chi connectivity index (χ0) is 9.56. The first kappa shape index (κ1) is 11.2. The van der Waals surface area contributed by atoms with Gasteiger partial charge in [-0.15, -0.1) is 11.6 Å². The van der Waals surface area contributed by atoms with Crippen molar-refractivity contribution in [3.05, 3.63) is 0 Å². The van der Waals surface area contributed by atoms with Gasteiger partial charge in [-0.2, -0.15) is 0 Å². The van der Waals surface area contributed by atoms with Crippen molar-refractivity contribution in [3.8, 4) is 0 Å². The van der Waals surface area contributed by atoms with Gasteiger partial charge < -0.3 is 10.1 Å². The molecule has 0 heterocycles. The van der Waals surface area contributed by atoms with Gasteiger partial charge in [0.05, 0.1) is 19.0 Å². The van der Waals surface area contributed by atoms with E-state index in [1.807, 2.05) is 0 Å². The minimum atomic E-state index is -0.611. The normalized spacial score (nSPS) is 11.9. The monoisotopic (exact) mass is 193 g/mol. The number of hydrogen-bond donors (Lipinski definition) is 1. The van der Waals surface area contributed by atoms with Crippen LogP contribution in [0.15, 0.2) is 0 Å². The molecule has 0 fully saturated rings. The summed E-state index contributed by atoms with van der Waals surface area (Å²) in [7, 11) is 1.24. The number of nitrogens with one attached hydrogen (secondary N) is 1. The summed E-state index contributed by atoms with van der Waals surface area (Å²) in [6, 6.07) is -0.532. The number of hydrogen-bond acceptors (Lipinski definition) is 3. The Balaban J connectivity index is 3.99. The Labute approximate surface area is 76.2 Å². The molecule has 0 spiro atoms. The minimum Gasteiger partial charge on any atom is -0.453 e. The molecule has 1 unspecified atom stereocenters. The topological polar surface area (TPSA) is 55.4 Å². The second-order valence-corrected chi connectivity index (χ2v) is 2.46. The maximum absolute atomic E-state index is 11.0. The molecule has 5 heteroatoms. The van der Waals surface area contributed by atoms with Crippen LogP contribution in [-0.4, -0.2) is 30.9 Å². The summed E-state index contributed by atoms with van der Waals surface area (Å²) < 4.78 is 4.33. The smallest absolute Gasteiger partial charge is 0.407 e. The van der Waals surface area contributed by atoms with Crippen LogP contribution in [0.25, 0.3) is 0 Å². The third-order valence-corrected chi connectivity index (χ3v) is 1.67. The van der Waals surface area contributed by atoms with Crippen LogP contribution < -0.4 is 5.32 Å². The highest BCUT2D eigenvalue weighted by Crippen LogP contribution is 1.95. The van der Waals surface area contributed by atoms with Crippen molar-refractivity contribution in [2.75, 3.05) is 13.0 Å². The maximum atomic E-state index is 11.0. The molecule has 0 aromatic carbocycles. The van der Waals surface area contributed by atoms with Crippen molar-refractivity contribution >= 4 is 23.5 Å². The average Bonchev–Trinajstić information content (AvgIpc) is 2.12. The molecular formula is C7H12ClNO3. The minimum absolute atomic E-state index is 0.0947. The third-order valence-electron chi connectivity index (χ3n) is 1.41. The van der Waals surface area contributed by atoms with Crippen LogP contribution in [0.5, 0.6) is 0 Å². The van der Waals surface area contributed by atoms with Crippen LogP contribution in [0, 0.1) is 0 Å². The van der Waals surface area contributed by atoms with E-state index < -0.39 is 12.1 Å². The highest BCUT2D eigenvalue weighted by atomic mass is 35.5. The van der Waals surface area contributed by atoms with Gasteiger partial charge in [0, 0.05) is 0 Å². The predicted molar refractivity (Wildman–Crippen MR) is 45.3 cm³/mol. The molecule has 4 nitrogen and oxygen atoms in total. The molecular weight excluding hydrogens is 182 g/mol. The predicted octanol–water partition coefficient (Wildman–Crippen LogP) is 0.929. The molecule has 0 radical (unpaired) electrons. The van der Waals surface area contributed by atoms with Gasteiger partial charge in [-0.1, -0.05) is 6.92 Å². The van der Waals surface area contributed by atoms with Gasteiger partial charge in [0.25, 0.3) is 0 Å². The Hall–Kier alpha value is -0.770. The van der Waals surface area contributed by atoms with Crippen LogP contribution in [0.2, 0.25) is 0 Å². The van der Waals surface area contributed by atoms with E-state index in [1.54, 1.807) is 6.92 Å². The molecule has 0 rings (SSSR count). The van der Waals surface area contributed by atoms with Crippen molar-refractivity contribution in [1.82, 2.24) is 5.32 Å². The number of carbonyl (C=O) groups excluding carboxylic acids is 2. The molecule has 0 aromatic rings. The van der Waals surface area contributed by atoms with Crippen molar-refractivity contribution in [1.29, 1.82) is 0 Å². The number of alkyl carbamates (subject to hydrolysis) is 1. The number of ether oxygens (including phenoxy) is 1. The molecule has 1 amide bonds. The van der Waals surface area contributed by atoms with Gasteiger partial charge in [0.15, 0.2) is 5.78 Å². The van der Waals surface area contributed by atoms with Crippen LogP contribution in [0.4, 0.5) is 4.79 Å². The number of amides is 1. The molecule has 1 atom stereocenters. The van der Waals surface area contributed by atoms with Crippen molar-refractivity contribution < 1.29 is 14.3 Å². The van der Waals surface area contributed by atoms with E-state index in [4.69, 9.17) is 11.6 Å². The van der Waals surface area contributed by atoms with E-state index in [1.165, 1.54) is 7.11 Å². The molecule has 70 valence electrons. The maximum Gasteiger partial charge on any atom is 0.407 e. The van der Waals surface area contributed by atoms with Gasteiger partial charge >= 0.3 is 6.09 Å². The molecule has 0 aliphatic rings. The summed E-state index contributed by atoms with van der Waals surface area (Å²) in [5.41, 5.74) is 0. The summed E-state index contributed by atoms with van der Waals surface area (Å²) in [4.78, 5) is 21.7. The molecule has 0 aliphatic carbocycles. The zero-order valence-electron chi connectivity index (χ0n) is 7.09. The molecule has 1 N–H and O–H groups in total. The van der Waals surface area contributed by atoms with Crippen LogP contribution >= 0.6 is 11.6 Å². The number of alkyl halides is 1. The Kier molecular flexibility index (Phi) is 5.45. The fourth-order valence-electron chi connectivity index (χ4n) is 0.705. The zero-order valence-corrected chi connectivity index (χ0v) is 7.85. The number of carbonyl (C=O) groups is 2. The molecule has 0 aliphatic heterocycles. The lowest BCUT2D eigenvalue weighted by molar-refractivity contribution is -0.118. The summed E-state index contributed by atoms with van der Waals surface area (Å²) in [5, 5.41) is 2.37. The van der Waals surface area contributed by atoms with Gasteiger partial charge in [0.2, 0.25) is 0 Å². The number of ketones is 1. The second-order valence-electron chi connectivity index (χ2n) is 2.20. The van der Waals surface area contributed by atoms with E-state index in [2.05, 4.69) is 10.1 Å². The quantitative estimate of drug-likeness (QED) is 0.676. The number of halogens is 1. The van der Waals surface area contributed by atoms with Gasteiger partial charge in [0.1, 0.15) is 0 Å². The van der Waals surface area contributed by atoms with Crippen LogP contribution in [0.3, 0.4) is 0 Å². The summed E-state index contributed by atoms with van der Waals surface area (Å²) >= 11 is 5.31. The molecule has 0 saturated heterocycles.